The number of fused-ring (bicyclic) bond motifs is 1. The molecule has 2 heterocycles. The lowest BCUT2D eigenvalue weighted by molar-refractivity contribution is -0.130. The molecule has 2 aromatic carbocycles. The van der Waals surface area contributed by atoms with Crippen molar-refractivity contribution >= 4 is 57.6 Å². The Labute approximate surface area is 176 Å². The lowest BCUT2D eigenvalue weighted by Gasteiger charge is -2.14. The van der Waals surface area contributed by atoms with Crippen LogP contribution >= 0.6 is 23.2 Å². The molecule has 0 bridgehead atoms. The van der Waals surface area contributed by atoms with Crippen molar-refractivity contribution in [2.75, 3.05) is 11.9 Å². The Kier molecular flexibility index (Phi) is 5.17. The van der Waals surface area contributed by atoms with Gasteiger partial charge in [0.15, 0.2) is 0 Å². The predicted molar refractivity (Wildman–Crippen MR) is 111 cm³/mol. The molecule has 9 heteroatoms. The average molecular weight is 431 g/mol. The SMILES string of the molecule is O=C(CN1C(=O)N[C@@H](Cc2c[nH]c3ccccc23)C1=O)Nc1c(Cl)cccc1Cl. The zero-order valence-corrected chi connectivity index (χ0v) is 16.6. The van der Waals surface area contributed by atoms with Gasteiger partial charge < -0.3 is 15.6 Å². The summed E-state index contributed by atoms with van der Waals surface area (Å²) in [5.74, 6) is -1.03. The van der Waals surface area contributed by atoms with Crippen molar-refractivity contribution < 1.29 is 14.4 Å². The molecule has 148 valence electrons. The van der Waals surface area contributed by atoms with Gasteiger partial charge in [0.25, 0.3) is 5.91 Å². The molecular weight excluding hydrogens is 415 g/mol. The normalized spacial score (nSPS) is 16.3. The maximum absolute atomic E-state index is 12.7. The van der Waals surface area contributed by atoms with Crippen molar-refractivity contribution in [3.63, 3.8) is 0 Å². The summed E-state index contributed by atoms with van der Waals surface area (Å²) in [6.07, 6.45) is 2.14. The van der Waals surface area contributed by atoms with Crippen LogP contribution in [0.15, 0.2) is 48.7 Å². The molecule has 0 spiro atoms. The largest absolute Gasteiger partial charge is 0.361 e. The fraction of sp³-hybridized carbons (Fsp3) is 0.150. The summed E-state index contributed by atoms with van der Waals surface area (Å²) < 4.78 is 0. The van der Waals surface area contributed by atoms with Gasteiger partial charge in [-0.1, -0.05) is 47.5 Å². The second kappa shape index (κ2) is 7.77. The van der Waals surface area contributed by atoms with Crippen molar-refractivity contribution in [3.05, 3.63) is 64.3 Å². The molecule has 4 amide bonds. The highest BCUT2D eigenvalue weighted by atomic mass is 35.5. The van der Waals surface area contributed by atoms with Crippen LogP contribution in [0.3, 0.4) is 0 Å². The number of aromatic nitrogens is 1. The van der Waals surface area contributed by atoms with Gasteiger partial charge in [0.1, 0.15) is 12.6 Å². The van der Waals surface area contributed by atoms with Gasteiger partial charge in [0.05, 0.1) is 15.7 Å². The minimum atomic E-state index is -0.738. The molecule has 0 radical (unpaired) electrons. The van der Waals surface area contributed by atoms with Crippen molar-refractivity contribution in [1.29, 1.82) is 0 Å². The average Bonchev–Trinajstić information content (AvgIpc) is 3.21. The fourth-order valence-electron chi connectivity index (χ4n) is 3.33. The summed E-state index contributed by atoms with van der Waals surface area (Å²) >= 11 is 12.1. The molecule has 1 atom stereocenters. The van der Waals surface area contributed by atoms with E-state index in [2.05, 4.69) is 15.6 Å². The molecule has 1 fully saturated rings. The van der Waals surface area contributed by atoms with Gasteiger partial charge in [-0.15, -0.1) is 0 Å². The van der Waals surface area contributed by atoms with Gasteiger partial charge in [-0.25, -0.2) is 4.79 Å². The zero-order chi connectivity index (χ0) is 20.5. The first-order chi connectivity index (χ1) is 13.9. The number of hydrogen-bond acceptors (Lipinski definition) is 3. The van der Waals surface area contributed by atoms with Gasteiger partial charge in [0.2, 0.25) is 5.91 Å². The number of hydrogen-bond donors (Lipinski definition) is 3. The first-order valence-electron chi connectivity index (χ1n) is 8.85. The van der Waals surface area contributed by atoms with Crippen LogP contribution in [0, 0.1) is 0 Å². The summed E-state index contributed by atoms with van der Waals surface area (Å²) in [7, 11) is 0. The van der Waals surface area contributed by atoms with E-state index < -0.39 is 30.4 Å². The van der Waals surface area contributed by atoms with E-state index in [0.29, 0.717) is 6.42 Å². The molecule has 0 aliphatic carbocycles. The lowest BCUT2D eigenvalue weighted by Crippen LogP contribution is -2.38. The Hall–Kier alpha value is -3.03. The molecule has 1 aliphatic heterocycles. The van der Waals surface area contributed by atoms with Crippen molar-refractivity contribution in [1.82, 2.24) is 15.2 Å². The number of para-hydroxylation sites is 2. The van der Waals surface area contributed by atoms with Gasteiger partial charge in [-0.3, -0.25) is 14.5 Å². The Bertz CT molecular complexity index is 1110. The van der Waals surface area contributed by atoms with Crippen LogP contribution in [0.4, 0.5) is 10.5 Å². The van der Waals surface area contributed by atoms with Gasteiger partial charge in [0, 0.05) is 23.5 Å². The highest BCUT2D eigenvalue weighted by Crippen LogP contribution is 2.29. The van der Waals surface area contributed by atoms with Crippen LogP contribution in [0.1, 0.15) is 5.56 Å². The molecular formula is C20H16Cl2N4O3. The number of carbonyl (C=O) groups excluding carboxylic acids is 3. The lowest BCUT2D eigenvalue weighted by atomic mass is 10.1. The number of anilines is 1. The summed E-state index contributed by atoms with van der Waals surface area (Å²) in [6.45, 7) is -0.434. The number of urea groups is 1. The minimum absolute atomic E-state index is 0.239. The number of nitrogens with zero attached hydrogens (tertiary/aromatic N) is 1. The topological polar surface area (TPSA) is 94.3 Å². The Morgan fingerprint density at radius 3 is 2.55 bits per heavy atom. The Morgan fingerprint density at radius 1 is 1.07 bits per heavy atom. The Balaban J connectivity index is 1.45. The molecule has 7 nitrogen and oxygen atoms in total. The van der Waals surface area contributed by atoms with E-state index in [0.717, 1.165) is 21.4 Å². The third kappa shape index (κ3) is 3.79. The first kappa shape index (κ1) is 19.3. The smallest absolute Gasteiger partial charge is 0.325 e. The van der Waals surface area contributed by atoms with Gasteiger partial charge in [-0.2, -0.15) is 0 Å². The quantitative estimate of drug-likeness (QED) is 0.539. The third-order valence-corrected chi connectivity index (χ3v) is 5.36. The molecule has 1 aromatic heterocycles. The summed E-state index contributed by atoms with van der Waals surface area (Å²) in [5, 5.41) is 6.70. The molecule has 0 unspecified atom stereocenters. The van der Waals surface area contributed by atoms with Crippen LogP contribution in [-0.4, -0.2) is 40.3 Å². The summed E-state index contributed by atoms with van der Waals surface area (Å²) in [6, 6.07) is 11.2. The van der Waals surface area contributed by atoms with Crippen molar-refractivity contribution in [2.24, 2.45) is 0 Å². The van der Waals surface area contributed by atoms with E-state index in [9.17, 15) is 14.4 Å². The van der Waals surface area contributed by atoms with Crippen molar-refractivity contribution in [2.45, 2.75) is 12.5 Å². The molecule has 29 heavy (non-hydrogen) atoms. The number of aromatic amines is 1. The van der Waals surface area contributed by atoms with E-state index >= 15 is 0 Å². The number of halogens is 2. The van der Waals surface area contributed by atoms with E-state index in [-0.39, 0.29) is 15.7 Å². The number of amides is 4. The monoisotopic (exact) mass is 430 g/mol. The first-order valence-corrected chi connectivity index (χ1v) is 9.60. The number of benzene rings is 2. The van der Waals surface area contributed by atoms with Gasteiger partial charge >= 0.3 is 6.03 Å². The third-order valence-electron chi connectivity index (χ3n) is 4.73. The van der Waals surface area contributed by atoms with Crippen LogP contribution in [-0.2, 0) is 16.0 Å². The minimum Gasteiger partial charge on any atom is -0.361 e. The Morgan fingerprint density at radius 2 is 1.79 bits per heavy atom. The maximum Gasteiger partial charge on any atom is 0.325 e. The second-order valence-corrected chi connectivity index (χ2v) is 7.45. The van der Waals surface area contributed by atoms with E-state index in [1.54, 1.807) is 18.2 Å². The van der Waals surface area contributed by atoms with Crippen molar-refractivity contribution in [3.8, 4) is 0 Å². The van der Waals surface area contributed by atoms with Crippen LogP contribution < -0.4 is 10.6 Å². The fourth-order valence-corrected chi connectivity index (χ4v) is 3.82. The number of rotatable bonds is 5. The van der Waals surface area contributed by atoms with Crippen LogP contribution in [0.2, 0.25) is 10.0 Å². The van der Waals surface area contributed by atoms with E-state index in [1.165, 1.54) is 0 Å². The molecule has 4 rings (SSSR count). The molecule has 1 aliphatic rings. The highest BCUT2D eigenvalue weighted by Gasteiger charge is 2.39. The molecule has 0 saturated carbocycles. The number of nitrogens with one attached hydrogen (secondary N) is 3. The van der Waals surface area contributed by atoms with E-state index in [1.807, 2.05) is 30.5 Å². The standard InChI is InChI=1S/C20H16Cl2N4O3/c21-13-5-3-6-14(22)18(13)25-17(27)10-26-19(28)16(24-20(26)29)8-11-9-23-15-7-2-1-4-12(11)15/h1-7,9,16,23H,8,10H2,(H,24,29)(H,25,27)/t16-/m0/s1. The number of carbonyl (C=O) groups is 3. The predicted octanol–water partition coefficient (Wildman–Crippen LogP) is 3.58. The molecule has 3 aromatic rings. The molecule has 1 saturated heterocycles. The van der Waals surface area contributed by atoms with Crippen LogP contribution in [0.5, 0.6) is 0 Å². The maximum atomic E-state index is 12.7. The zero-order valence-electron chi connectivity index (χ0n) is 15.0. The van der Waals surface area contributed by atoms with Gasteiger partial charge in [-0.05, 0) is 23.8 Å². The summed E-state index contributed by atoms with van der Waals surface area (Å²) in [5.41, 5.74) is 2.10. The van der Waals surface area contributed by atoms with Crippen LogP contribution in [0.25, 0.3) is 10.9 Å². The second-order valence-electron chi connectivity index (χ2n) is 6.63. The summed E-state index contributed by atoms with van der Waals surface area (Å²) in [4.78, 5) is 41.3. The molecule has 3 N–H and O–H groups in total. The number of imide groups is 1. The van der Waals surface area contributed by atoms with E-state index in [4.69, 9.17) is 23.2 Å². The number of H-pyrrole nitrogens is 1. The highest BCUT2D eigenvalue weighted by molar-refractivity contribution is 6.39.